The van der Waals surface area contributed by atoms with Crippen molar-refractivity contribution >= 4 is 28.2 Å². The summed E-state index contributed by atoms with van der Waals surface area (Å²) in [6.07, 6.45) is 5.86. The zero-order valence-corrected chi connectivity index (χ0v) is 17.7. The van der Waals surface area contributed by atoms with Crippen LogP contribution in [0.1, 0.15) is 36.2 Å². The number of hydrogen-bond acceptors (Lipinski definition) is 6. The molecule has 2 aliphatic rings. The Bertz CT molecular complexity index is 1480. The van der Waals surface area contributed by atoms with Crippen molar-refractivity contribution in [2.45, 2.75) is 39.0 Å². The number of alkyl halides is 2. The molecule has 1 saturated carbocycles. The van der Waals surface area contributed by atoms with Crippen LogP contribution in [-0.2, 0) is 6.42 Å². The van der Waals surface area contributed by atoms with E-state index in [2.05, 4.69) is 37.0 Å². The van der Waals surface area contributed by atoms with Crippen LogP contribution < -0.4 is 4.90 Å². The maximum absolute atomic E-state index is 15.1. The molecule has 0 saturated heterocycles. The fourth-order valence-corrected chi connectivity index (χ4v) is 4.43. The van der Waals surface area contributed by atoms with Gasteiger partial charge in [0.05, 0.1) is 40.6 Å². The van der Waals surface area contributed by atoms with Crippen LogP contribution in [0.4, 0.5) is 24.7 Å². The van der Waals surface area contributed by atoms with Crippen molar-refractivity contribution in [1.29, 1.82) is 0 Å². The minimum Gasteiger partial charge on any atom is -0.324 e. The number of rotatable bonds is 2. The first-order chi connectivity index (χ1) is 16.0. The van der Waals surface area contributed by atoms with Gasteiger partial charge in [-0.05, 0) is 38.2 Å². The van der Waals surface area contributed by atoms with E-state index >= 15 is 4.39 Å². The molecule has 0 aromatic carbocycles. The van der Waals surface area contributed by atoms with Crippen molar-refractivity contribution in [3.8, 4) is 11.8 Å². The van der Waals surface area contributed by atoms with Gasteiger partial charge in [0.2, 0.25) is 0 Å². The molecule has 6 rings (SSSR count). The lowest BCUT2D eigenvalue weighted by molar-refractivity contribution is 0.0921. The lowest BCUT2D eigenvalue weighted by Crippen LogP contribution is -2.27. The number of anilines is 2. The van der Waals surface area contributed by atoms with E-state index < -0.39 is 17.7 Å². The molecule has 0 atom stereocenters. The lowest BCUT2D eigenvalue weighted by Gasteiger charge is -2.31. The van der Waals surface area contributed by atoms with Gasteiger partial charge >= 0.3 is 0 Å². The Morgan fingerprint density at radius 1 is 1.09 bits per heavy atom. The average Bonchev–Trinajstić information content (AvgIpc) is 3.53. The predicted octanol–water partition coefficient (Wildman–Crippen LogP) is 4.00. The number of hydrogen-bond donors (Lipinski definition) is 0. The van der Waals surface area contributed by atoms with Crippen LogP contribution in [0.3, 0.4) is 0 Å². The topological polar surface area (TPSA) is 72.1 Å². The fraction of sp³-hybridized carbons (Fsp3) is 0.348. The zero-order valence-electron chi connectivity index (χ0n) is 17.7. The summed E-state index contributed by atoms with van der Waals surface area (Å²) in [5.41, 5.74) is 1.58. The molecule has 33 heavy (non-hydrogen) atoms. The van der Waals surface area contributed by atoms with Crippen molar-refractivity contribution in [2.24, 2.45) is 5.41 Å². The first-order valence-electron chi connectivity index (χ1n) is 10.7. The van der Waals surface area contributed by atoms with E-state index in [1.807, 2.05) is 4.90 Å². The summed E-state index contributed by atoms with van der Waals surface area (Å²) in [4.78, 5) is 14.9. The monoisotopic (exact) mass is 449 g/mol. The summed E-state index contributed by atoms with van der Waals surface area (Å²) in [5.74, 6) is 6.55. The second-order valence-electron chi connectivity index (χ2n) is 8.48. The van der Waals surface area contributed by atoms with E-state index in [4.69, 9.17) is 0 Å². The lowest BCUT2D eigenvalue weighted by atomic mass is 9.97. The maximum Gasteiger partial charge on any atom is 0.257 e. The number of pyridine rings is 2. The van der Waals surface area contributed by atoms with Gasteiger partial charge in [0.25, 0.3) is 12.2 Å². The van der Waals surface area contributed by atoms with Crippen molar-refractivity contribution < 1.29 is 13.2 Å². The smallest absolute Gasteiger partial charge is 0.257 e. The molecule has 166 valence electrons. The summed E-state index contributed by atoms with van der Waals surface area (Å²) in [6, 6.07) is 0. The fourth-order valence-electron chi connectivity index (χ4n) is 4.43. The Kier molecular flexibility index (Phi) is 4.30. The third kappa shape index (κ3) is 3.03. The molecule has 1 fully saturated rings. The Hall–Kier alpha value is -3.74. The van der Waals surface area contributed by atoms with Crippen LogP contribution in [0.5, 0.6) is 0 Å². The van der Waals surface area contributed by atoms with Gasteiger partial charge in [0.1, 0.15) is 11.6 Å². The van der Waals surface area contributed by atoms with Crippen LogP contribution >= 0.6 is 0 Å². The highest BCUT2D eigenvalue weighted by molar-refractivity contribution is 5.94. The highest BCUT2D eigenvalue weighted by atomic mass is 19.3. The van der Waals surface area contributed by atoms with Gasteiger partial charge in [-0.25, -0.2) is 13.2 Å². The Balaban J connectivity index is 1.53. The van der Waals surface area contributed by atoms with Gasteiger partial charge in [-0.2, -0.15) is 4.98 Å². The summed E-state index contributed by atoms with van der Waals surface area (Å²) < 4.78 is 43.4. The minimum atomic E-state index is -2.46. The molecule has 0 N–H and O–H groups in total. The van der Waals surface area contributed by atoms with E-state index in [0.717, 1.165) is 23.9 Å². The van der Waals surface area contributed by atoms with Crippen molar-refractivity contribution in [1.82, 2.24) is 29.5 Å². The van der Waals surface area contributed by atoms with E-state index in [0.29, 0.717) is 59.7 Å². The number of fused-ring (bicyclic) bond motifs is 4. The Morgan fingerprint density at radius 3 is 2.70 bits per heavy atom. The van der Waals surface area contributed by atoms with Gasteiger partial charge in [-0.15, -0.1) is 10.2 Å². The van der Waals surface area contributed by atoms with E-state index in [9.17, 15) is 8.78 Å². The standard InChI is InChI=1S/C23H18F3N7/c1-13-30-31-22-29-20(19-16(24)10-28-12-18(19)33(13)22)32-8-2-3-15-14(9-27-11-17(15)32)4-5-23(6-7-23)21(25)26/h9-12,21H,2-3,6-8H2,1H3. The van der Waals surface area contributed by atoms with Gasteiger partial charge in [-0.3, -0.25) is 14.4 Å². The van der Waals surface area contributed by atoms with Crippen LogP contribution in [0.25, 0.3) is 16.7 Å². The summed E-state index contributed by atoms with van der Waals surface area (Å²) in [7, 11) is 0. The minimum absolute atomic E-state index is 0.305. The SMILES string of the molecule is Cc1nnc2nc(N3CCCc4c(C#CC5(C(F)F)CC5)cncc43)c3c(F)cncc3n12. The molecule has 1 aliphatic carbocycles. The Labute approximate surface area is 186 Å². The average molecular weight is 449 g/mol. The summed E-state index contributed by atoms with van der Waals surface area (Å²) in [6.45, 7) is 2.35. The molecule has 1 aliphatic heterocycles. The molecule has 0 bridgehead atoms. The van der Waals surface area contributed by atoms with E-state index in [1.54, 1.807) is 29.9 Å². The first kappa shape index (κ1) is 19.9. The molecule has 0 unspecified atom stereocenters. The van der Waals surface area contributed by atoms with Crippen LogP contribution in [0.2, 0.25) is 0 Å². The molecular formula is C23H18F3N7. The molecule has 10 heteroatoms. The Morgan fingerprint density at radius 2 is 1.91 bits per heavy atom. The van der Waals surface area contributed by atoms with Crippen molar-refractivity contribution in [2.75, 3.05) is 11.4 Å². The van der Waals surface area contributed by atoms with Crippen LogP contribution in [0, 0.1) is 30.0 Å². The highest BCUT2D eigenvalue weighted by Crippen LogP contribution is 2.50. The quantitative estimate of drug-likeness (QED) is 0.431. The number of nitrogens with zero attached hydrogens (tertiary/aromatic N) is 7. The molecule has 5 heterocycles. The second kappa shape index (κ2) is 7.13. The zero-order chi connectivity index (χ0) is 22.7. The first-order valence-corrected chi connectivity index (χ1v) is 10.7. The summed E-state index contributed by atoms with van der Waals surface area (Å²) in [5, 5.41) is 8.51. The normalized spacial score (nSPS) is 16.7. The maximum atomic E-state index is 15.1. The number of halogens is 3. The number of aryl methyl sites for hydroxylation is 1. The molecule has 4 aromatic rings. The molecule has 4 aromatic heterocycles. The third-order valence-electron chi connectivity index (χ3n) is 6.40. The van der Waals surface area contributed by atoms with Gasteiger partial charge in [-0.1, -0.05) is 11.8 Å². The highest BCUT2D eigenvalue weighted by Gasteiger charge is 2.50. The summed E-state index contributed by atoms with van der Waals surface area (Å²) >= 11 is 0. The van der Waals surface area contributed by atoms with Gasteiger partial charge in [0.15, 0.2) is 5.82 Å². The molecule has 0 radical (unpaired) electrons. The predicted molar refractivity (Wildman–Crippen MR) is 115 cm³/mol. The molecule has 7 nitrogen and oxygen atoms in total. The van der Waals surface area contributed by atoms with Crippen molar-refractivity contribution in [3.05, 3.63) is 47.6 Å². The number of aromatic nitrogens is 6. The third-order valence-corrected chi connectivity index (χ3v) is 6.40. The largest absolute Gasteiger partial charge is 0.324 e. The molecule has 0 spiro atoms. The van der Waals surface area contributed by atoms with Crippen molar-refractivity contribution in [3.63, 3.8) is 0 Å². The van der Waals surface area contributed by atoms with Crippen LogP contribution in [0.15, 0.2) is 24.8 Å². The molecular weight excluding hydrogens is 431 g/mol. The van der Waals surface area contributed by atoms with Gasteiger partial charge < -0.3 is 4.90 Å². The van der Waals surface area contributed by atoms with Crippen LogP contribution in [-0.4, -0.2) is 42.5 Å². The molecule has 0 amide bonds. The van der Waals surface area contributed by atoms with E-state index in [1.165, 1.54) is 0 Å². The van der Waals surface area contributed by atoms with Gasteiger partial charge in [0, 0.05) is 18.3 Å². The second-order valence-corrected chi connectivity index (χ2v) is 8.48. The van der Waals surface area contributed by atoms with E-state index in [-0.39, 0.29) is 0 Å².